The minimum Gasteiger partial charge on any atom is -0.497 e. The van der Waals surface area contributed by atoms with E-state index in [1.165, 1.54) is 41.5 Å². The number of benzene rings is 2. The van der Waals surface area contributed by atoms with Gasteiger partial charge in [0, 0.05) is 11.2 Å². The lowest BCUT2D eigenvalue weighted by Gasteiger charge is -2.34. The number of hydrogen-bond acceptors (Lipinski definition) is 5. The summed E-state index contributed by atoms with van der Waals surface area (Å²) in [6.45, 7) is 5.32. The molecule has 36 heavy (non-hydrogen) atoms. The zero-order valence-corrected chi connectivity index (χ0v) is 21.5. The molecule has 3 amide bonds. The number of ether oxygens (including phenoxy) is 1. The van der Waals surface area contributed by atoms with E-state index in [1.807, 2.05) is 20.8 Å². The van der Waals surface area contributed by atoms with Gasteiger partial charge in [0.25, 0.3) is 5.91 Å². The van der Waals surface area contributed by atoms with Gasteiger partial charge >= 0.3 is 0 Å². The zero-order valence-electron chi connectivity index (χ0n) is 20.7. The number of hydrogen-bond donors (Lipinski definition) is 2. The summed E-state index contributed by atoms with van der Waals surface area (Å²) >= 11 is 1.25. The predicted molar refractivity (Wildman–Crippen MR) is 139 cm³/mol. The van der Waals surface area contributed by atoms with Crippen LogP contribution in [0.15, 0.2) is 66.0 Å². The number of nitrogens with zero attached hydrogens (tertiary/aromatic N) is 1. The predicted octanol–water partition coefficient (Wildman–Crippen LogP) is 4.70. The van der Waals surface area contributed by atoms with Crippen molar-refractivity contribution in [2.75, 3.05) is 18.6 Å². The maximum atomic E-state index is 14.3. The van der Waals surface area contributed by atoms with E-state index in [4.69, 9.17) is 4.74 Å². The van der Waals surface area contributed by atoms with Crippen molar-refractivity contribution < 1.29 is 23.5 Å². The third kappa shape index (κ3) is 6.69. The SMILES string of the molecule is CCC(C)(C)NC(=O)[C@@H](c1ccc(OC)cc1)N(C(=O)CNC(=O)c1cccs1)c1cccc(F)c1. The van der Waals surface area contributed by atoms with Crippen LogP contribution in [0.4, 0.5) is 10.1 Å². The molecule has 2 N–H and O–H groups in total. The monoisotopic (exact) mass is 511 g/mol. The second kappa shape index (κ2) is 11.8. The molecule has 0 aliphatic rings. The molecule has 3 rings (SSSR count). The molecule has 9 heteroatoms. The summed E-state index contributed by atoms with van der Waals surface area (Å²) in [5, 5.41) is 7.36. The van der Waals surface area contributed by atoms with Crippen LogP contribution in [-0.2, 0) is 9.59 Å². The van der Waals surface area contributed by atoms with Gasteiger partial charge in [-0.25, -0.2) is 4.39 Å². The highest BCUT2D eigenvalue weighted by Gasteiger charge is 2.35. The Labute approximate surface area is 214 Å². The fourth-order valence-electron chi connectivity index (χ4n) is 3.49. The molecule has 0 radical (unpaired) electrons. The molecule has 0 aliphatic carbocycles. The van der Waals surface area contributed by atoms with Crippen LogP contribution in [0.3, 0.4) is 0 Å². The Morgan fingerprint density at radius 3 is 2.39 bits per heavy atom. The van der Waals surface area contributed by atoms with Crippen LogP contribution in [0, 0.1) is 5.82 Å². The van der Waals surface area contributed by atoms with Crippen molar-refractivity contribution in [3.05, 3.63) is 82.3 Å². The second-order valence-electron chi connectivity index (χ2n) is 8.81. The van der Waals surface area contributed by atoms with Crippen LogP contribution in [0.2, 0.25) is 0 Å². The fourth-order valence-corrected chi connectivity index (χ4v) is 4.13. The minimum absolute atomic E-state index is 0.190. The van der Waals surface area contributed by atoms with E-state index < -0.39 is 35.1 Å². The van der Waals surface area contributed by atoms with Crippen LogP contribution in [0.1, 0.15) is 48.5 Å². The highest BCUT2D eigenvalue weighted by atomic mass is 32.1. The number of nitrogens with one attached hydrogen (secondary N) is 2. The maximum Gasteiger partial charge on any atom is 0.261 e. The third-order valence-electron chi connectivity index (χ3n) is 5.78. The average molecular weight is 512 g/mol. The van der Waals surface area contributed by atoms with Crippen LogP contribution >= 0.6 is 11.3 Å². The lowest BCUT2D eigenvalue weighted by molar-refractivity contribution is -0.127. The molecule has 0 unspecified atom stereocenters. The quantitative estimate of drug-likeness (QED) is 0.413. The Morgan fingerprint density at radius 1 is 1.08 bits per heavy atom. The molecule has 7 nitrogen and oxygen atoms in total. The summed E-state index contributed by atoms with van der Waals surface area (Å²) in [6, 6.07) is 14.5. The number of anilines is 1. The van der Waals surface area contributed by atoms with E-state index in [2.05, 4.69) is 10.6 Å². The van der Waals surface area contributed by atoms with Crippen molar-refractivity contribution in [3.8, 4) is 5.75 Å². The largest absolute Gasteiger partial charge is 0.497 e. The van der Waals surface area contributed by atoms with Gasteiger partial charge in [-0.05, 0) is 67.6 Å². The van der Waals surface area contributed by atoms with Gasteiger partial charge in [-0.15, -0.1) is 11.3 Å². The third-order valence-corrected chi connectivity index (χ3v) is 6.65. The van der Waals surface area contributed by atoms with Crippen molar-refractivity contribution in [1.82, 2.24) is 10.6 Å². The molecule has 1 heterocycles. The Kier molecular flexibility index (Phi) is 8.82. The molecule has 190 valence electrons. The molecule has 0 saturated heterocycles. The van der Waals surface area contributed by atoms with Gasteiger partial charge in [0.2, 0.25) is 11.8 Å². The minimum atomic E-state index is -1.13. The van der Waals surface area contributed by atoms with Crippen LogP contribution < -0.4 is 20.3 Å². The molecule has 1 atom stereocenters. The highest BCUT2D eigenvalue weighted by molar-refractivity contribution is 7.12. The summed E-state index contributed by atoms with van der Waals surface area (Å²) in [6.07, 6.45) is 0.652. The first-order valence-electron chi connectivity index (χ1n) is 11.5. The summed E-state index contributed by atoms with van der Waals surface area (Å²) in [7, 11) is 1.53. The smallest absolute Gasteiger partial charge is 0.261 e. The second-order valence-corrected chi connectivity index (χ2v) is 9.75. The van der Waals surface area contributed by atoms with Gasteiger partial charge in [0.1, 0.15) is 17.6 Å². The number of carbonyl (C=O) groups is 3. The molecule has 2 aromatic carbocycles. The van der Waals surface area contributed by atoms with Gasteiger partial charge < -0.3 is 15.4 Å². The first-order chi connectivity index (χ1) is 17.1. The average Bonchev–Trinajstić information content (AvgIpc) is 3.40. The molecule has 1 aromatic heterocycles. The molecule has 0 aliphatic heterocycles. The maximum absolute atomic E-state index is 14.3. The van der Waals surface area contributed by atoms with Gasteiger partial charge in [0.05, 0.1) is 18.5 Å². The van der Waals surface area contributed by atoms with Crippen LogP contribution in [0.5, 0.6) is 5.75 Å². The topological polar surface area (TPSA) is 87.7 Å². The first kappa shape index (κ1) is 26.9. The van der Waals surface area contributed by atoms with Crippen LogP contribution in [-0.4, -0.2) is 36.9 Å². The molecular formula is C27H30FN3O4S. The van der Waals surface area contributed by atoms with E-state index in [0.29, 0.717) is 22.6 Å². The zero-order chi connectivity index (χ0) is 26.3. The number of rotatable bonds is 10. The number of amides is 3. The van der Waals surface area contributed by atoms with Crippen molar-refractivity contribution in [1.29, 1.82) is 0 Å². The van der Waals surface area contributed by atoms with Crippen molar-refractivity contribution >= 4 is 34.7 Å². The van der Waals surface area contributed by atoms with E-state index in [-0.39, 0.29) is 12.2 Å². The molecule has 3 aromatic rings. The lowest BCUT2D eigenvalue weighted by Crippen LogP contribution is -2.52. The molecule has 0 fully saturated rings. The van der Waals surface area contributed by atoms with E-state index in [1.54, 1.807) is 47.8 Å². The standard InChI is InChI=1S/C27H30FN3O4S/c1-5-27(2,3)30-26(34)24(18-11-13-21(35-4)14-12-18)31(20-9-6-8-19(28)16-20)23(32)17-29-25(33)22-10-7-15-36-22/h6-16,24H,5,17H2,1-4H3,(H,29,33)(H,30,34)/t24-/m1/s1. The van der Waals surface area contributed by atoms with Gasteiger partial charge in [-0.3, -0.25) is 19.3 Å². The molecule has 0 spiro atoms. The summed E-state index contributed by atoms with van der Waals surface area (Å²) in [4.78, 5) is 41.4. The van der Waals surface area contributed by atoms with Crippen molar-refractivity contribution in [2.24, 2.45) is 0 Å². The van der Waals surface area contributed by atoms with Gasteiger partial charge in [-0.1, -0.05) is 31.2 Å². The number of methoxy groups -OCH3 is 1. The molecule has 0 bridgehead atoms. The Bertz CT molecular complexity index is 1200. The Balaban J connectivity index is 2.04. The van der Waals surface area contributed by atoms with Crippen molar-refractivity contribution in [3.63, 3.8) is 0 Å². The van der Waals surface area contributed by atoms with E-state index in [9.17, 15) is 18.8 Å². The first-order valence-corrected chi connectivity index (χ1v) is 12.4. The summed E-state index contributed by atoms with van der Waals surface area (Å²) < 4.78 is 19.5. The van der Waals surface area contributed by atoms with Gasteiger partial charge in [-0.2, -0.15) is 0 Å². The lowest BCUT2D eigenvalue weighted by atomic mass is 9.98. The van der Waals surface area contributed by atoms with E-state index in [0.717, 1.165) is 0 Å². The summed E-state index contributed by atoms with van der Waals surface area (Å²) in [5.74, 6) is -1.39. The number of halogens is 1. The number of thiophene rings is 1. The Hall–Kier alpha value is -3.72. The normalized spacial score (nSPS) is 11.9. The van der Waals surface area contributed by atoms with Gasteiger partial charge in [0.15, 0.2) is 0 Å². The molecule has 0 saturated carbocycles. The summed E-state index contributed by atoms with van der Waals surface area (Å²) in [5.41, 5.74) is 0.143. The fraction of sp³-hybridized carbons (Fsp3) is 0.296. The Morgan fingerprint density at radius 2 is 1.81 bits per heavy atom. The van der Waals surface area contributed by atoms with Crippen molar-refractivity contribution in [2.45, 2.75) is 38.8 Å². The number of carbonyl (C=O) groups excluding carboxylic acids is 3. The van der Waals surface area contributed by atoms with Crippen LogP contribution in [0.25, 0.3) is 0 Å². The molecular weight excluding hydrogens is 481 g/mol. The van der Waals surface area contributed by atoms with E-state index >= 15 is 0 Å². The highest BCUT2D eigenvalue weighted by Crippen LogP contribution is 2.30.